The van der Waals surface area contributed by atoms with Crippen LogP contribution in [0.2, 0.25) is 0 Å². The number of carbonyl (C=O) groups excluding carboxylic acids is 1. The van der Waals surface area contributed by atoms with Crippen LogP contribution >= 0.6 is 0 Å². The van der Waals surface area contributed by atoms with Crippen molar-refractivity contribution in [2.45, 2.75) is 45.8 Å². The van der Waals surface area contributed by atoms with Crippen molar-refractivity contribution in [3.8, 4) is 5.75 Å². The Balaban J connectivity index is 1.48. The normalized spacial score (nSPS) is 14.2. The van der Waals surface area contributed by atoms with Crippen LogP contribution in [-0.4, -0.2) is 54.2 Å². The third-order valence-electron chi connectivity index (χ3n) is 7.82. The molecule has 13 nitrogen and oxygen atoms in total. The molecule has 0 spiro atoms. The minimum Gasteiger partial charge on any atom is -0.497 e. The van der Waals surface area contributed by atoms with Crippen molar-refractivity contribution in [1.29, 1.82) is 0 Å². The summed E-state index contributed by atoms with van der Waals surface area (Å²) in [6.45, 7) is 4.65. The molecule has 2 aromatic heterocycles. The maximum absolute atomic E-state index is 13.6. The van der Waals surface area contributed by atoms with Gasteiger partial charge in [-0.15, -0.1) is 0 Å². The quantitative estimate of drug-likeness (QED) is 0.265. The molecule has 13 heteroatoms. The van der Waals surface area contributed by atoms with Crippen molar-refractivity contribution in [1.82, 2.24) is 23.2 Å². The van der Waals surface area contributed by atoms with E-state index in [-0.39, 0.29) is 30.0 Å². The Morgan fingerprint density at radius 3 is 2.17 bits per heavy atom. The number of benzene rings is 2. The van der Waals surface area contributed by atoms with Crippen LogP contribution in [0.4, 0.5) is 5.69 Å². The number of rotatable bonds is 6. The number of hydrogen-bond donors (Lipinski definition) is 0. The molecule has 1 amide bonds. The zero-order valence-electron chi connectivity index (χ0n) is 22.7. The number of amides is 1. The van der Waals surface area contributed by atoms with E-state index in [1.165, 1.54) is 42.4 Å². The Labute approximate surface area is 227 Å². The number of methoxy groups -OCH3 is 1. The number of nitro groups is 1. The predicted molar refractivity (Wildman–Crippen MR) is 148 cm³/mol. The number of nitrogens with zero attached hydrogens (tertiary/aromatic N) is 6. The maximum Gasteiger partial charge on any atom is 0.331 e. The van der Waals surface area contributed by atoms with Gasteiger partial charge in [-0.25, -0.2) is 9.59 Å². The van der Waals surface area contributed by atoms with Gasteiger partial charge in [0.05, 0.1) is 34.0 Å². The highest BCUT2D eigenvalue weighted by Crippen LogP contribution is 2.29. The molecule has 40 heavy (non-hydrogen) atoms. The van der Waals surface area contributed by atoms with Gasteiger partial charge in [0.15, 0.2) is 0 Å². The van der Waals surface area contributed by atoms with Crippen molar-refractivity contribution in [3.63, 3.8) is 0 Å². The van der Waals surface area contributed by atoms with Gasteiger partial charge in [-0.3, -0.25) is 38.0 Å². The SMILES string of the molecule is CCn1c(=O)n(CC)c2cc([N+](=O)[O-])c(C(=O)N3CCC(n4c(=O)c5cc(OC)ccc5n(C)c4=O)CC3)cc21. The Bertz CT molecular complexity index is 1850. The van der Waals surface area contributed by atoms with E-state index in [0.29, 0.717) is 53.6 Å². The molecule has 0 bridgehead atoms. The maximum atomic E-state index is 13.6. The summed E-state index contributed by atoms with van der Waals surface area (Å²) in [6, 6.07) is 7.22. The van der Waals surface area contributed by atoms with Crippen LogP contribution in [0.5, 0.6) is 5.75 Å². The molecule has 0 aliphatic carbocycles. The second kappa shape index (κ2) is 10.1. The van der Waals surface area contributed by atoms with Gasteiger partial charge in [-0.2, -0.15) is 0 Å². The Hall–Kier alpha value is -4.68. The summed E-state index contributed by atoms with van der Waals surface area (Å²) in [5.41, 5.74) is -0.294. The molecule has 0 unspecified atom stereocenters. The van der Waals surface area contributed by atoms with Crippen LogP contribution in [-0.2, 0) is 20.1 Å². The third-order valence-corrected chi connectivity index (χ3v) is 7.82. The minimum atomic E-state index is -0.611. The van der Waals surface area contributed by atoms with Gasteiger partial charge in [0.1, 0.15) is 11.3 Å². The number of likely N-dealkylation sites (tertiary alicyclic amines) is 1. The molecule has 210 valence electrons. The summed E-state index contributed by atoms with van der Waals surface area (Å²) in [7, 11) is 3.10. The van der Waals surface area contributed by atoms with Gasteiger partial charge in [0, 0.05) is 45.3 Å². The van der Waals surface area contributed by atoms with Crippen molar-refractivity contribution in [3.05, 3.63) is 77.3 Å². The number of imidazole rings is 1. The van der Waals surface area contributed by atoms with Crippen molar-refractivity contribution >= 4 is 33.5 Å². The minimum absolute atomic E-state index is 0.0997. The summed E-state index contributed by atoms with van der Waals surface area (Å²) in [5.74, 6) is -0.0357. The summed E-state index contributed by atoms with van der Waals surface area (Å²) in [4.78, 5) is 65.8. The van der Waals surface area contributed by atoms with E-state index < -0.39 is 28.1 Å². The number of nitro benzene ring substituents is 1. The number of carbonyl (C=O) groups is 1. The van der Waals surface area contributed by atoms with Crippen molar-refractivity contribution in [2.75, 3.05) is 20.2 Å². The molecule has 5 rings (SSSR count). The first-order valence-corrected chi connectivity index (χ1v) is 13.1. The Morgan fingerprint density at radius 1 is 0.975 bits per heavy atom. The van der Waals surface area contributed by atoms with Crippen molar-refractivity contribution < 1.29 is 14.5 Å². The lowest BCUT2D eigenvalue weighted by atomic mass is 10.0. The fourth-order valence-electron chi connectivity index (χ4n) is 5.69. The summed E-state index contributed by atoms with van der Waals surface area (Å²) in [5, 5.41) is 12.3. The molecule has 1 aliphatic heterocycles. The van der Waals surface area contributed by atoms with E-state index in [1.54, 1.807) is 39.1 Å². The number of hydrogen-bond acceptors (Lipinski definition) is 7. The molecule has 1 aliphatic rings. The molecular formula is C27H30N6O7. The second-order valence-electron chi connectivity index (χ2n) is 9.81. The van der Waals surface area contributed by atoms with E-state index in [2.05, 4.69) is 0 Å². The fraction of sp³-hybridized carbons (Fsp3) is 0.407. The molecule has 0 N–H and O–H groups in total. The van der Waals surface area contributed by atoms with Gasteiger partial charge in [0.2, 0.25) is 0 Å². The van der Waals surface area contributed by atoms with E-state index in [4.69, 9.17) is 4.74 Å². The van der Waals surface area contributed by atoms with Crippen LogP contribution in [0.15, 0.2) is 44.7 Å². The number of aryl methyl sites for hydroxylation is 3. The Morgan fingerprint density at radius 2 is 1.60 bits per heavy atom. The van der Waals surface area contributed by atoms with Crippen molar-refractivity contribution in [2.24, 2.45) is 7.05 Å². The molecule has 0 radical (unpaired) electrons. The lowest BCUT2D eigenvalue weighted by Gasteiger charge is -2.32. The van der Waals surface area contributed by atoms with Gasteiger partial charge >= 0.3 is 11.4 Å². The monoisotopic (exact) mass is 550 g/mol. The predicted octanol–water partition coefficient (Wildman–Crippen LogP) is 2.25. The van der Waals surface area contributed by atoms with Gasteiger partial charge in [-0.05, 0) is 51.0 Å². The molecule has 2 aromatic carbocycles. The fourth-order valence-corrected chi connectivity index (χ4v) is 5.69. The average Bonchev–Trinajstić information content (AvgIpc) is 3.24. The second-order valence-corrected chi connectivity index (χ2v) is 9.81. The average molecular weight is 551 g/mol. The van der Waals surface area contributed by atoms with Crippen LogP contribution in [0, 0.1) is 10.1 Å². The summed E-state index contributed by atoms with van der Waals surface area (Å²) < 4.78 is 10.8. The van der Waals surface area contributed by atoms with Crippen LogP contribution in [0.1, 0.15) is 43.1 Å². The first kappa shape index (κ1) is 26.9. The first-order chi connectivity index (χ1) is 19.1. The van der Waals surface area contributed by atoms with Crippen LogP contribution in [0.3, 0.4) is 0 Å². The third kappa shape index (κ3) is 4.08. The van der Waals surface area contributed by atoms with Crippen LogP contribution in [0.25, 0.3) is 21.9 Å². The lowest BCUT2D eigenvalue weighted by Crippen LogP contribution is -2.46. The van der Waals surface area contributed by atoms with Gasteiger partial charge in [-0.1, -0.05) is 0 Å². The summed E-state index contributed by atoms with van der Waals surface area (Å²) in [6.07, 6.45) is 0.635. The zero-order valence-corrected chi connectivity index (χ0v) is 22.7. The standard InChI is InChI=1S/C27H30N6O7/c1-5-30-22-14-19(21(33(38)39)15-23(22)31(6-2)27(30)37)24(34)29-11-9-16(10-12-29)32-25(35)18-13-17(40-4)7-8-20(18)28(3)26(32)36/h7-8,13-16H,5-6,9-12H2,1-4H3. The van der Waals surface area contributed by atoms with Gasteiger partial charge in [0.25, 0.3) is 17.2 Å². The number of aromatic nitrogens is 4. The highest BCUT2D eigenvalue weighted by Gasteiger charge is 2.32. The smallest absolute Gasteiger partial charge is 0.331 e. The van der Waals surface area contributed by atoms with Crippen LogP contribution < -0.4 is 21.7 Å². The molecule has 0 saturated carbocycles. The Kier molecular flexibility index (Phi) is 6.82. The van der Waals surface area contributed by atoms with Gasteiger partial charge < -0.3 is 9.64 Å². The number of ether oxygens (including phenoxy) is 1. The van der Waals surface area contributed by atoms with E-state index >= 15 is 0 Å². The topological polar surface area (TPSA) is 144 Å². The lowest BCUT2D eigenvalue weighted by molar-refractivity contribution is -0.385. The zero-order chi connectivity index (χ0) is 28.9. The molecule has 0 atom stereocenters. The van der Waals surface area contributed by atoms with E-state index in [1.807, 2.05) is 0 Å². The number of fused-ring (bicyclic) bond motifs is 2. The number of piperidine rings is 1. The summed E-state index contributed by atoms with van der Waals surface area (Å²) >= 11 is 0. The molecule has 1 fully saturated rings. The largest absolute Gasteiger partial charge is 0.497 e. The molecular weight excluding hydrogens is 520 g/mol. The molecule has 1 saturated heterocycles. The van der Waals surface area contributed by atoms with E-state index in [0.717, 1.165) is 0 Å². The molecule has 4 aromatic rings. The first-order valence-electron chi connectivity index (χ1n) is 13.1. The highest BCUT2D eigenvalue weighted by molar-refractivity contribution is 6.02. The van der Waals surface area contributed by atoms with E-state index in [9.17, 15) is 29.3 Å². The highest BCUT2D eigenvalue weighted by atomic mass is 16.6. The molecule has 3 heterocycles.